The molecule has 14 heteroatoms. The predicted octanol–water partition coefficient (Wildman–Crippen LogP) is -0.373. The Bertz CT molecular complexity index is 438. The van der Waals surface area contributed by atoms with E-state index in [0.29, 0.717) is 0 Å². The molecule has 0 heterocycles. The molecule has 0 rings (SSSR count). The van der Waals surface area contributed by atoms with Crippen LogP contribution in [0.1, 0.15) is 0 Å². The van der Waals surface area contributed by atoms with E-state index in [4.69, 9.17) is 0 Å². The van der Waals surface area contributed by atoms with Crippen LogP contribution in [0, 0.1) is 0 Å². The van der Waals surface area contributed by atoms with Gasteiger partial charge in [-0.15, -0.1) is 0 Å². The molecule has 0 aromatic carbocycles. The zero-order chi connectivity index (χ0) is 12.7. The number of nitrogens with one attached hydrogen (secondary N) is 1. The second kappa shape index (κ2) is 4.73. The summed E-state index contributed by atoms with van der Waals surface area (Å²) in [6, 6.07) is 0. The molecule has 0 aromatic heterocycles. The molecule has 0 saturated heterocycles. The molecule has 0 radical (unpaired) electrons. The van der Waals surface area contributed by atoms with E-state index < -0.39 is 36.0 Å². The first-order chi connectivity index (χ1) is 6.21. The van der Waals surface area contributed by atoms with Gasteiger partial charge in [0.1, 0.15) is 0 Å². The minimum absolute atomic E-state index is 0. The van der Waals surface area contributed by atoms with Crippen LogP contribution in [0.5, 0.6) is 0 Å². The van der Waals surface area contributed by atoms with Crippen LogP contribution in [0.3, 0.4) is 0 Å². The van der Waals surface area contributed by atoms with Crippen molar-refractivity contribution in [1.29, 1.82) is 0 Å². The number of sulfonamides is 1. The van der Waals surface area contributed by atoms with Crippen LogP contribution in [0.2, 0.25) is 0 Å². The maximum atomic E-state index is 12.0. The van der Waals surface area contributed by atoms with Gasteiger partial charge in [0.25, 0.3) is 0 Å². The predicted molar refractivity (Wildman–Crippen MR) is 40.2 cm³/mol. The summed E-state index contributed by atoms with van der Waals surface area (Å²) in [5, 5.41) is -6.42. The monoisotopic (exact) mass is 289 g/mol. The second-order valence-electron chi connectivity index (χ2n) is 2.04. The van der Waals surface area contributed by atoms with E-state index in [1.165, 1.54) is 0 Å². The van der Waals surface area contributed by atoms with Crippen molar-refractivity contribution in [3.63, 3.8) is 0 Å². The number of hydrogen-bond donors (Lipinski definition) is 1. The molecule has 1 N–H and O–H groups in total. The number of halogens is 6. The second-order valence-corrected chi connectivity index (χ2v) is 5.10. The van der Waals surface area contributed by atoms with Crippen LogP contribution in [-0.2, 0) is 20.4 Å². The van der Waals surface area contributed by atoms with Gasteiger partial charge in [0.2, 0.25) is 0 Å². The molecule has 0 spiro atoms. The van der Waals surface area contributed by atoms with Crippen molar-refractivity contribution in [1.82, 2.24) is 4.13 Å². The summed E-state index contributed by atoms with van der Waals surface area (Å²) >= 11 is 0. The summed E-state index contributed by atoms with van der Waals surface area (Å²) in [5.41, 5.74) is 0. The molecule has 0 atom stereocenters. The molecule has 5 nitrogen and oxygen atoms in total. The minimum atomic E-state index is -6.75. The molecule has 0 bridgehead atoms. The summed E-state index contributed by atoms with van der Waals surface area (Å²) in [7, 11) is -13.0. The molecule has 0 amide bonds. The average Bonchev–Trinajstić information content (AvgIpc) is 1.77. The summed E-state index contributed by atoms with van der Waals surface area (Å²) < 4.78 is 109. The Balaban J connectivity index is 0. The zero-order valence-electron chi connectivity index (χ0n) is 6.22. The normalized spacial score (nSPS) is 14.4. The SMILES string of the molecule is O=S(=O)(F)NS(=O)(=O)C(F)(F)C(F)(F)F.[LiH]. The average molecular weight is 289 g/mol. The van der Waals surface area contributed by atoms with Gasteiger partial charge >= 0.3 is 50.7 Å². The van der Waals surface area contributed by atoms with Gasteiger partial charge in [-0.2, -0.15) is 30.4 Å². The summed E-state index contributed by atoms with van der Waals surface area (Å²) in [6.45, 7) is 0. The van der Waals surface area contributed by atoms with Crippen molar-refractivity contribution in [3.05, 3.63) is 0 Å². The molecule has 0 aliphatic rings. The quantitative estimate of drug-likeness (QED) is 0.436. The summed E-state index contributed by atoms with van der Waals surface area (Å²) in [5.74, 6) is 0. The molecule has 0 aromatic rings. The molecule has 0 unspecified atom stereocenters. The van der Waals surface area contributed by atoms with Crippen LogP contribution in [0.4, 0.5) is 25.8 Å². The van der Waals surface area contributed by atoms with E-state index in [1.54, 1.807) is 0 Å². The van der Waals surface area contributed by atoms with E-state index in [9.17, 15) is 42.7 Å². The molecule has 0 saturated carbocycles. The van der Waals surface area contributed by atoms with E-state index in [0.717, 1.165) is 0 Å². The zero-order valence-corrected chi connectivity index (χ0v) is 7.85. The molecule has 16 heavy (non-hydrogen) atoms. The maximum absolute atomic E-state index is 12.0. The molecular formula is C2H2F6LiNO4S2. The van der Waals surface area contributed by atoms with Gasteiger partial charge in [0.05, 0.1) is 0 Å². The molecular weight excluding hydrogens is 287 g/mol. The van der Waals surface area contributed by atoms with Crippen molar-refractivity contribution >= 4 is 39.3 Å². The van der Waals surface area contributed by atoms with Crippen LogP contribution in [0.25, 0.3) is 0 Å². The molecule has 0 aliphatic carbocycles. The Morgan fingerprint density at radius 3 is 1.38 bits per heavy atom. The van der Waals surface area contributed by atoms with Gasteiger partial charge < -0.3 is 0 Å². The Morgan fingerprint density at radius 2 is 1.19 bits per heavy atom. The first-order valence-corrected chi connectivity index (χ1v) is 5.49. The van der Waals surface area contributed by atoms with Crippen molar-refractivity contribution in [2.24, 2.45) is 0 Å². The Kier molecular flexibility index (Phi) is 5.44. The van der Waals surface area contributed by atoms with Crippen molar-refractivity contribution in [3.8, 4) is 0 Å². The van der Waals surface area contributed by atoms with Gasteiger partial charge in [0.15, 0.2) is 0 Å². The van der Waals surface area contributed by atoms with Gasteiger partial charge in [-0.3, -0.25) is 0 Å². The van der Waals surface area contributed by atoms with Crippen LogP contribution >= 0.6 is 0 Å². The molecule has 0 fully saturated rings. The van der Waals surface area contributed by atoms with Crippen molar-refractivity contribution in [2.45, 2.75) is 11.4 Å². The molecule has 94 valence electrons. The number of rotatable bonds is 3. The van der Waals surface area contributed by atoms with Gasteiger partial charge in [-0.1, -0.05) is 8.01 Å². The van der Waals surface area contributed by atoms with Crippen molar-refractivity contribution in [2.75, 3.05) is 0 Å². The van der Waals surface area contributed by atoms with Gasteiger partial charge in [-0.25, -0.2) is 8.42 Å². The fourth-order valence-corrected chi connectivity index (χ4v) is 2.11. The third kappa shape index (κ3) is 4.13. The van der Waals surface area contributed by atoms with Crippen LogP contribution in [0.15, 0.2) is 0 Å². The van der Waals surface area contributed by atoms with E-state index in [1.807, 2.05) is 0 Å². The van der Waals surface area contributed by atoms with Gasteiger partial charge in [0, 0.05) is 0 Å². The Hall–Kier alpha value is 0.0374. The standard InChI is InChI=1S/C2HF6NO4S2.Li.H/c3-1(4,5)2(6,7)14(10,11)9-15(8,12)13;;/h9H;;. The topological polar surface area (TPSA) is 80.3 Å². The third-order valence-corrected chi connectivity index (χ3v) is 3.46. The number of hydrogen-bond acceptors (Lipinski definition) is 4. The number of alkyl halides is 5. The fourth-order valence-electron chi connectivity index (χ4n) is 0.336. The van der Waals surface area contributed by atoms with E-state index >= 15 is 0 Å². The van der Waals surface area contributed by atoms with E-state index in [-0.39, 0.29) is 18.9 Å². The van der Waals surface area contributed by atoms with Crippen LogP contribution < -0.4 is 4.13 Å². The first kappa shape index (κ1) is 18.4. The molecule has 0 aliphatic heterocycles. The Morgan fingerprint density at radius 1 is 0.875 bits per heavy atom. The van der Waals surface area contributed by atoms with Crippen LogP contribution in [-0.4, -0.2) is 47.1 Å². The van der Waals surface area contributed by atoms with Crippen molar-refractivity contribution < 1.29 is 42.7 Å². The first-order valence-electron chi connectivity index (χ1n) is 2.63. The summed E-state index contributed by atoms with van der Waals surface area (Å²) in [6.07, 6.45) is -6.57. The fraction of sp³-hybridized carbons (Fsp3) is 1.00. The summed E-state index contributed by atoms with van der Waals surface area (Å²) in [4.78, 5) is 0. The van der Waals surface area contributed by atoms with E-state index in [2.05, 4.69) is 0 Å². The Labute approximate surface area is 97.8 Å². The van der Waals surface area contributed by atoms with Gasteiger partial charge in [-0.05, 0) is 0 Å². The third-order valence-electron chi connectivity index (χ3n) is 0.877.